The van der Waals surface area contributed by atoms with Crippen LogP contribution < -0.4 is 19.8 Å². The highest BCUT2D eigenvalue weighted by Crippen LogP contribution is 2.34. The van der Waals surface area contributed by atoms with Crippen LogP contribution in [0.2, 0.25) is 0 Å². The Kier molecular flexibility index (Phi) is 11.0. The van der Waals surface area contributed by atoms with Crippen LogP contribution in [-0.4, -0.2) is 60.9 Å². The first kappa shape index (κ1) is 34.6. The summed E-state index contributed by atoms with van der Waals surface area (Å²) < 4.78 is 43.3. The largest absolute Gasteiger partial charge is 0.494 e. The van der Waals surface area contributed by atoms with Gasteiger partial charge in [0.1, 0.15) is 28.7 Å². The minimum absolute atomic E-state index is 0.0353. The van der Waals surface area contributed by atoms with Gasteiger partial charge in [0.05, 0.1) is 44.9 Å². The summed E-state index contributed by atoms with van der Waals surface area (Å²) in [5.74, 6) is 0.00817. The van der Waals surface area contributed by atoms with E-state index in [1.54, 1.807) is 23.6 Å². The molecule has 0 unspecified atom stereocenters. The lowest BCUT2D eigenvalue weighted by Gasteiger charge is -2.49. The summed E-state index contributed by atoms with van der Waals surface area (Å²) in [6, 6.07) is 15.6. The van der Waals surface area contributed by atoms with E-state index in [0.717, 1.165) is 37.0 Å². The normalized spacial score (nSPS) is 18.5. The second kappa shape index (κ2) is 15.5. The van der Waals surface area contributed by atoms with Gasteiger partial charge in [0.25, 0.3) is 5.91 Å². The van der Waals surface area contributed by atoms with Crippen LogP contribution in [0.25, 0.3) is 16.6 Å². The number of halogens is 2. The minimum Gasteiger partial charge on any atom is -0.494 e. The van der Waals surface area contributed by atoms with Gasteiger partial charge in [-0.1, -0.05) is 18.9 Å². The van der Waals surface area contributed by atoms with E-state index in [1.165, 1.54) is 80.3 Å². The van der Waals surface area contributed by atoms with Gasteiger partial charge in [-0.05, 0) is 94.7 Å². The zero-order valence-electron chi connectivity index (χ0n) is 28.8. The molecule has 4 heterocycles. The van der Waals surface area contributed by atoms with Gasteiger partial charge in [0, 0.05) is 47.7 Å². The molecule has 1 amide bonds. The lowest BCUT2D eigenvalue weighted by Crippen LogP contribution is -2.58. The molecule has 3 saturated heterocycles. The highest BCUT2D eigenvalue weighted by atomic mass is 19.1. The van der Waals surface area contributed by atoms with Gasteiger partial charge >= 0.3 is 0 Å². The topological polar surface area (TPSA) is 60.8 Å². The predicted molar refractivity (Wildman–Crippen MR) is 190 cm³/mol. The van der Waals surface area contributed by atoms with Crippen LogP contribution in [0.15, 0.2) is 71.7 Å². The van der Waals surface area contributed by atoms with Gasteiger partial charge in [-0.3, -0.25) is 9.59 Å². The molecule has 1 aromatic heterocycles. The number of carbonyl (C=O) groups excluding carboxylic acids is 1. The number of aromatic nitrogens is 1. The van der Waals surface area contributed by atoms with E-state index >= 15 is 0 Å². The molecular weight excluding hydrogens is 624 g/mol. The molecule has 0 spiro atoms. The fraction of sp³-hybridized carbons (Fsp3) is 0.450. The number of ether oxygens (including phenoxy) is 2. The second-order valence-electron chi connectivity index (χ2n) is 13.6. The standard InChI is InChI=1S/C40H48F2N3O4/c1-3-43(33-24-30(41)23-31(42)25-33)40(47)37-28-44(32-11-10-12-34(26-32)48-4-2)38-27-35(13-14-36(38)39(37)46)49-22-9-7-5-6-8-18-45-19-15-29(16-20-45)17-21-45/h10-14,23-29H,3-9,15-22H2,1-2H3/q+1. The molecule has 260 valence electrons. The summed E-state index contributed by atoms with van der Waals surface area (Å²) in [4.78, 5) is 29.0. The number of carbonyl (C=O) groups is 1. The van der Waals surface area contributed by atoms with E-state index < -0.39 is 23.0 Å². The van der Waals surface area contributed by atoms with Crippen molar-refractivity contribution in [3.05, 3.63) is 94.3 Å². The number of benzene rings is 3. The molecule has 49 heavy (non-hydrogen) atoms. The fourth-order valence-corrected chi connectivity index (χ4v) is 7.68. The third-order valence-electron chi connectivity index (χ3n) is 10.4. The molecule has 7 rings (SSSR count). The monoisotopic (exact) mass is 672 g/mol. The van der Waals surface area contributed by atoms with Gasteiger partial charge in [-0.15, -0.1) is 0 Å². The number of unbranched alkanes of at least 4 members (excludes halogenated alkanes) is 4. The molecule has 9 heteroatoms. The Morgan fingerprint density at radius 2 is 1.55 bits per heavy atom. The number of fused-ring (bicyclic) bond motifs is 4. The van der Waals surface area contributed by atoms with Gasteiger partial charge in [0.2, 0.25) is 5.43 Å². The van der Waals surface area contributed by atoms with Crippen LogP contribution in [-0.2, 0) is 0 Å². The van der Waals surface area contributed by atoms with Crippen LogP contribution in [0.5, 0.6) is 11.5 Å². The van der Waals surface area contributed by atoms with Crippen LogP contribution >= 0.6 is 0 Å². The SMILES string of the molecule is CCOc1cccc(-n2cc(C(=O)N(CC)c3cc(F)cc(F)c3)c(=O)c3ccc(OCCCCCCC[N+]45CCC(CC4)CC5)cc32)c1. The third-order valence-corrected chi connectivity index (χ3v) is 10.4. The molecule has 3 fully saturated rings. The molecule has 7 nitrogen and oxygen atoms in total. The smallest absolute Gasteiger partial charge is 0.263 e. The van der Waals surface area contributed by atoms with Crippen LogP contribution in [0.4, 0.5) is 14.5 Å². The maximum absolute atomic E-state index is 14.1. The molecule has 0 radical (unpaired) electrons. The molecular formula is C40H48F2N3O4+. The molecule has 3 aliphatic heterocycles. The first-order valence-corrected chi connectivity index (χ1v) is 18.0. The van der Waals surface area contributed by atoms with Crippen molar-refractivity contribution in [2.75, 3.05) is 50.8 Å². The molecule has 2 bridgehead atoms. The van der Waals surface area contributed by atoms with Crippen molar-refractivity contribution in [1.29, 1.82) is 0 Å². The van der Waals surface area contributed by atoms with Crippen molar-refractivity contribution in [1.82, 2.24) is 4.57 Å². The number of quaternary nitrogens is 1. The number of pyridine rings is 1. The number of nitrogens with zero attached hydrogens (tertiary/aromatic N) is 3. The van der Waals surface area contributed by atoms with E-state index in [4.69, 9.17) is 9.47 Å². The lowest BCUT2D eigenvalue weighted by molar-refractivity contribution is -0.942. The summed E-state index contributed by atoms with van der Waals surface area (Å²) in [6.07, 6.45) is 11.6. The van der Waals surface area contributed by atoms with E-state index in [-0.39, 0.29) is 17.8 Å². The second-order valence-corrected chi connectivity index (χ2v) is 13.6. The lowest BCUT2D eigenvalue weighted by atomic mass is 9.85. The Morgan fingerprint density at radius 3 is 2.27 bits per heavy atom. The van der Waals surface area contributed by atoms with Crippen LogP contribution in [0.3, 0.4) is 0 Å². The zero-order chi connectivity index (χ0) is 34.4. The maximum atomic E-state index is 14.1. The Balaban J connectivity index is 1.18. The highest BCUT2D eigenvalue weighted by molar-refractivity contribution is 6.07. The van der Waals surface area contributed by atoms with Crippen molar-refractivity contribution >= 4 is 22.5 Å². The minimum atomic E-state index is -0.808. The molecule has 0 N–H and O–H groups in total. The number of piperidine rings is 3. The quantitative estimate of drug-likeness (QED) is 0.0942. The molecule has 3 aromatic carbocycles. The zero-order valence-corrected chi connectivity index (χ0v) is 28.8. The molecule has 3 aliphatic rings. The molecule has 0 aliphatic carbocycles. The fourth-order valence-electron chi connectivity index (χ4n) is 7.68. The summed E-state index contributed by atoms with van der Waals surface area (Å²) in [5.41, 5.74) is 0.693. The van der Waals surface area contributed by atoms with E-state index in [2.05, 4.69) is 0 Å². The molecule has 4 aromatic rings. The number of hydrogen-bond acceptors (Lipinski definition) is 4. The summed E-state index contributed by atoms with van der Waals surface area (Å²) in [7, 11) is 0. The molecule has 0 atom stereocenters. The number of amides is 1. The summed E-state index contributed by atoms with van der Waals surface area (Å²) in [5, 5.41) is 0.325. The first-order chi connectivity index (χ1) is 23.8. The summed E-state index contributed by atoms with van der Waals surface area (Å²) >= 11 is 0. The van der Waals surface area contributed by atoms with Crippen molar-refractivity contribution in [3.8, 4) is 17.2 Å². The van der Waals surface area contributed by atoms with Crippen molar-refractivity contribution in [2.24, 2.45) is 5.92 Å². The number of hydrogen-bond donors (Lipinski definition) is 0. The van der Waals surface area contributed by atoms with Crippen LogP contribution in [0.1, 0.15) is 75.6 Å². The Bertz CT molecular complexity index is 1800. The van der Waals surface area contributed by atoms with Gasteiger partial charge in [0.15, 0.2) is 0 Å². The van der Waals surface area contributed by atoms with Crippen LogP contribution in [0, 0.1) is 17.6 Å². The number of anilines is 1. The average molecular weight is 673 g/mol. The highest BCUT2D eigenvalue weighted by Gasteiger charge is 2.38. The van der Waals surface area contributed by atoms with Crippen molar-refractivity contribution < 1.29 is 27.5 Å². The third kappa shape index (κ3) is 7.99. The van der Waals surface area contributed by atoms with Crippen molar-refractivity contribution in [2.45, 2.75) is 65.2 Å². The Labute approximate surface area is 287 Å². The van der Waals surface area contributed by atoms with E-state index in [9.17, 15) is 18.4 Å². The average Bonchev–Trinajstić information content (AvgIpc) is 3.10. The predicted octanol–water partition coefficient (Wildman–Crippen LogP) is 8.29. The van der Waals surface area contributed by atoms with Gasteiger partial charge in [-0.25, -0.2) is 8.78 Å². The van der Waals surface area contributed by atoms with Gasteiger partial charge in [-0.2, -0.15) is 0 Å². The Morgan fingerprint density at radius 1 is 0.857 bits per heavy atom. The maximum Gasteiger partial charge on any atom is 0.263 e. The summed E-state index contributed by atoms with van der Waals surface area (Å²) in [6.45, 7) is 10.2. The first-order valence-electron chi connectivity index (χ1n) is 18.0. The number of rotatable bonds is 15. The van der Waals surface area contributed by atoms with E-state index in [0.29, 0.717) is 41.3 Å². The van der Waals surface area contributed by atoms with Crippen molar-refractivity contribution in [3.63, 3.8) is 0 Å². The molecule has 0 saturated carbocycles. The van der Waals surface area contributed by atoms with E-state index in [1.807, 2.05) is 37.3 Å². The Hall–Kier alpha value is -4.24. The van der Waals surface area contributed by atoms with Gasteiger partial charge < -0.3 is 23.4 Å².